The second-order valence-electron chi connectivity index (χ2n) is 5.91. The van der Waals surface area contributed by atoms with Crippen LogP contribution in [-0.2, 0) is 9.53 Å². The van der Waals surface area contributed by atoms with E-state index in [4.69, 9.17) is 4.74 Å². The van der Waals surface area contributed by atoms with Crippen LogP contribution < -0.4 is 5.32 Å². The van der Waals surface area contributed by atoms with Crippen LogP contribution in [0.25, 0.3) is 17.0 Å². The smallest absolute Gasteiger partial charge is 0.230 e. The topological polar surface area (TPSA) is 94.3 Å². The molecule has 1 N–H and O–H groups in total. The Hall–Kier alpha value is -2.52. The number of amides is 1. The van der Waals surface area contributed by atoms with Crippen molar-refractivity contribution in [2.75, 3.05) is 18.9 Å². The normalized spacial score (nSPS) is 16.8. The van der Waals surface area contributed by atoms with Gasteiger partial charge in [-0.3, -0.25) is 9.78 Å². The number of nitrogens with zero attached hydrogens (tertiary/aromatic N) is 5. The summed E-state index contributed by atoms with van der Waals surface area (Å²) in [6, 6.07) is 9.36. The van der Waals surface area contributed by atoms with Crippen molar-refractivity contribution in [3.05, 3.63) is 36.5 Å². The highest BCUT2D eigenvalue weighted by Crippen LogP contribution is 2.19. The maximum Gasteiger partial charge on any atom is 0.230 e. The molecule has 1 amide bonds. The molecule has 0 unspecified atom stereocenters. The first kappa shape index (κ1) is 16.9. The highest BCUT2D eigenvalue weighted by molar-refractivity contribution is 7.99. The highest BCUT2D eigenvalue weighted by atomic mass is 32.2. The molecule has 0 aromatic carbocycles. The number of rotatable bonds is 6. The van der Waals surface area contributed by atoms with Gasteiger partial charge in [0.25, 0.3) is 0 Å². The minimum atomic E-state index is -0.0527. The zero-order chi connectivity index (χ0) is 17.8. The van der Waals surface area contributed by atoms with Gasteiger partial charge in [0.2, 0.25) is 11.1 Å². The first-order valence-electron chi connectivity index (χ1n) is 8.44. The fourth-order valence-electron chi connectivity index (χ4n) is 2.72. The van der Waals surface area contributed by atoms with E-state index >= 15 is 0 Å². The summed E-state index contributed by atoms with van der Waals surface area (Å²) in [7, 11) is 0. The highest BCUT2D eigenvalue weighted by Gasteiger charge is 2.17. The van der Waals surface area contributed by atoms with Crippen molar-refractivity contribution in [2.45, 2.75) is 24.1 Å². The van der Waals surface area contributed by atoms with Crippen molar-refractivity contribution >= 4 is 23.3 Å². The summed E-state index contributed by atoms with van der Waals surface area (Å²) < 4.78 is 7.14. The van der Waals surface area contributed by atoms with E-state index in [1.165, 1.54) is 11.8 Å². The van der Waals surface area contributed by atoms with Crippen molar-refractivity contribution in [3.8, 4) is 11.4 Å². The molecule has 0 spiro atoms. The Kier molecular flexibility index (Phi) is 5.07. The third-order valence-corrected chi connectivity index (χ3v) is 4.96. The third-order valence-electron chi connectivity index (χ3n) is 4.04. The van der Waals surface area contributed by atoms with Crippen molar-refractivity contribution in [2.24, 2.45) is 0 Å². The Labute approximate surface area is 154 Å². The van der Waals surface area contributed by atoms with Gasteiger partial charge in [-0.15, -0.1) is 10.2 Å². The van der Waals surface area contributed by atoms with Gasteiger partial charge in [0.05, 0.1) is 17.6 Å². The summed E-state index contributed by atoms with van der Waals surface area (Å²) in [4.78, 5) is 16.4. The van der Waals surface area contributed by atoms with E-state index in [9.17, 15) is 4.79 Å². The lowest BCUT2D eigenvalue weighted by molar-refractivity contribution is -0.119. The third kappa shape index (κ3) is 3.83. The number of thioether (sulfide) groups is 1. The van der Waals surface area contributed by atoms with E-state index in [1.807, 2.05) is 30.3 Å². The molecular formula is C17H18N6O2S. The second-order valence-corrected chi connectivity index (χ2v) is 6.86. The summed E-state index contributed by atoms with van der Waals surface area (Å²) in [6.45, 7) is 1.34. The lowest BCUT2D eigenvalue weighted by atomic mass is 10.2. The van der Waals surface area contributed by atoms with Crippen molar-refractivity contribution in [1.29, 1.82) is 0 Å². The van der Waals surface area contributed by atoms with Crippen molar-refractivity contribution < 1.29 is 9.53 Å². The van der Waals surface area contributed by atoms with Crippen molar-refractivity contribution in [1.82, 2.24) is 30.1 Å². The fourth-order valence-corrected chi connectivity index (χ4v) is 3.44. The summed E-state index contributed by atoms with van der Waals surface area (Å²) in [5, 5.41) is 16.2. The molecule has 1 aliphatic rings. The number of pyridine rings is 1. The van der Waals surface area contributed by atoms with E-state index in [1.54, 1.807) is 10.7 Å². The minimum absolute atomic E-state index is 0.0527. The summed E-state index contributed by atoms with van der Waals surface area (Å²) >= 11 is 1.30. The van der Waals surface area contributed by atoms with Crippen LogP contribution >= 0.6 is 11.8 Å². The van der Waals surface area contributed by atoms with Crippen LogP contribution in [0.5, 0.6) is 0 Å². The lowest BCUT2D eigenvalue weighted by Gasteiger charge is -2.10. The number of carbonyl (C=O) groups is 1. The minimum Gasteiger partial charge on any atom is -0.376 e. The average Bonchev–Trinajstić information content (AvgIpc) is 3.35. The molecular weight excluding hydrogens is 352 g/mol. The molecule has 1 aliphatic heterocycles. The van der Waals surface area contributed by atoms with Crippen LogP contribution in [-0.4, -0.2) is 55.7 Å². The van der Waals surface area contributed by atoms with E-state index < -0.39 is 0 Å². The maximum atomic E-state index is 12.0. The van der Waals surface area contributed by atoms with Gasteiger partial charge in [-0.05, 0) is 37.1 Å². The van der Waals surface area contributed by atoms with Gasteiger partial charge in [-0.1, -0.05) is 17.8 Å². The Balaban J connectivity index is 1.42. The maximum absolute atomic E-state index is 12.0. The summed E-state index contributed by atoms with van der Waals surface area (Å²) in [5.41, 5.74) is 2.13. The first-order valence-corrected chi connectivity index (χ1v) is 9.43. The lowest BCUT2D eigenvalue weighted by Crippen LogP contribution is -2.32. The number of aromatic nitrogens is 5. The number of carbonyl (C=O) groups excluding carboxylic acids is 1. The second kappa shape index (κ2) is 7.79. The van der Waals surface area contributed by atoms with Gasteiger partial charge < -0.3 is 10.1 Å². The molecule has 3 aromatic heterocycles. The molecule has 0 aliphatic carbocycles. The fraction of sp³-hybridized carbons (Fsp3) is 0.353. The average molecular weight is 370 g/mol. The van der Waals surface area contributed by atoms with E-state index in [0.717, 1.165) is 30.8 Å². The van der Waals surface area contributed by atoms with E-state index in [2.05, 4.69) is 25.6 Å². The number of ether oxygens (including phenoxy) is 1. The van der Waals surface area contributed by atoms with Crippen LogP contribution in [0, 0.1) is 0 Å². The zero-order valence-electron chi connectivity index (χ0n) is 14.0. The summed E-state index contributed by atoms with van der Waals surface area (Å²) in [6.07, 6.45) is 3.93. The summed E-state index contributed by atoms with van der Waals surface area (Å²) in [5.74, 6) is 0.200. The van der Waals surface area contributed by atoms with Crippen LogP contribution in [0.2, 0.25) is 0 Å². The molecule has 1 atom stereocenters. The predicted molar refractivity (Wildman–Crippen MR) is 96.7 cm³/mol. The molecule has 9 heteroatoms. The standard InChI is InChI=1S/C17H18N6O2S/c24-16(19-10-12-4-3-9-25-12)11-26-17-21-20-15-7-6-14(22-23(15)17)13-5-1-2-8-18-13/h1-2,5-8,12H,3-4,9-11H2,(H,19,24)/t12-/m1/s1. The first-order chi connectivity index (χ1) is 12.8. The Morgan fingerprint density at radius 1 is 1.27 bits per heavy atom. The van der Waals surface area contributed by atoms with Crippen LogP contribution in [0.1, 0.15) is 12.8 Å². The molecule has 0 saturated carbocycles. The SMILES string of the molecule is O=C(CSc1nnc2ccc(-c3ccccn3)nn12)NC[C@H]1CCCO1. The molecule has 26 heavy (non-hydrogen) atoms. The molecule has 1 fully saturated rings. The molecule has 4 rings (SSSR count). The molecule has 3 aromatic rings. The molecule has 0 radical (unpaired) electrons. The van der Waals surface area contributed by atoms with Gasteiger partial charge >= 0.3 is 0 Å². The number of nitrogens with one attached hydrogen (secondary N) is 1. The Bertz CT molecular complexity index is 895. The predicted octanol–water partition coefficient (Wildman–Crippen LogP) is 1.57. The molecule has 1 saturated heterocycles. The number of hydrogen-bond acceptors (Lipinski definition) is 7. The van der Waals surface area contributed by atoms with E-state index in [-0.39, 0.29) is 17.8 Å². The monoisotopic (exact) mass is 370 g/mol. The van der Waals surface area contributed by atoms with Crippen LogP contribution in [0.4, 0.5) is 0 Å². The van der Waals surface area contributed by atoms with Gasteiger partial charge in [0.15, 0.2) is 5.65 Å². The van der Waals surface area contributed by atoms with Crippen LogP contribution in [0.15, 0.2) is 41.7 Å². The quantitative estimate of drug-likeness (QED) is 0.658. The molecule has 134 valence electrons. The van der Waals surface area contributed by atoms with Gasteiger partial charge in [0.1, 0.15) is 5.69 Å². The number of hydrogen-bond donors (Lipinski definition) is 1. The Morgan fingerprint density at radius 3 is 3.04 bits per heavy atom. The molecule has 4 heterocycles. The van der Waals surface area contributed by atoms with E-state index in [0.29, 0.717) is 17.3 Å². The zero-order valence-corrected chi connectivity index (χ0v) is 14.9. The van der Waals surface area contributed by atoms with Crippen molar-refractivity contribution in [3.63, 3.8) is 0 Å². The Morgan fingerprint density at radius 2 is 2.23 bits per heavy atom. The number of fused-ring (bicyclic) bond motifs is 1. The molecule has 0 bridgehead atoms. The van der Waals surface area contributed by atoms with Crippen LogP contribution in [0.3, 0.4) is 0 Å². The van der Waals surface area contributed by atoms with Gasteiger partial charge in [-0.25, -0.2) is 0 Å². The van der Waals surface area contributed by atoms with Gasteiger partial charge in [0, 0.05) is 19.3 Å². The molecule has 8 nitrogen and oxygen atoms in total. The van der Waals surface area contributed by atoms with Gasteiger partial charge in [-0.2, -0.15) is 9.61 Å². The largest absolute Gasteiger partial charge is 0.376 e.